The number of carbonyl (C=O) groups excluding carboxylic acids is 1. The molecule has 24 heavy (non-hydrogen) atoms. The lowest BCUT2D eigenvalue weighted by atomic mass is 9.95. The quantitative estimate of drug-likeness (QED) is 0.688. The first-order chi connectivity index (χ1) is 11.6. The van der Waals surface area contributed by atoms with E-state index in [2.05, 4.69) is 24.3 Å². The van der Waals surface area contributed by atoms with Gasteiger partial charge in [0.25, 0.3) is 0 Å². The number of fused-ring (bicyclic) bond motifs is 3. The molecule has 0 aliphatic heterocycles. The van der Waals surface area contributed by atoms with Crippen molar-refractivity contribution >= 4 is 27.5 Å². The maximum absolute atomic E-state index is 12.2. The lowest BCUT2D eigenvalue weighted by Gasteiger charge is -2.17. The van der Waals surface area contributed by atoms with Crippen LogP contribution in [0.2, 0.25) is 0 Å². The van der Waals surface area contributed by atoms with Crippen molar-refractivity contribution in [2.75, 3.05) is 28.3 Å². The van der Waals surface area contributed by atoms with E-state index in [1.54, 1.807) is 33.2 Å². The number of hydrogen-bond donors (Lipinski definition) is 0. The summed E-state index contributed by atoms with van der Waals surface area (Å²) < 4.78 is 11.2. The van der Waals surface area contributed by atoms with Crippen LogP contribution < -0.4 is 9.47 Å². The number of carbonyl (C=O) groups is 1. The molecule has 3 aromatic rings. The number of methoxy groups -OCH3 is 2. The van der Waals surface area contributed by atoms with E-state index in [4.69, 9.17) is 9.47 Å². The fourth-order valence-corrected chi connectivity index (χ4v) is 3.03. The fourth-order valence-electron chi connectivity index (χ4n) is 3.03. The van der Waals surface area contributed by atoms with Gasteiger partial charge in [0, 0.05) is 19.5 Å². The monoisotopic (exact) mass is 323 g/mol. The Morgan fingerprint density at radius 3 is 2.42 bits per heavy atom. The van der Waals surface area contributed by atoms with Gasteiger partial charge in [-0.15, -0.1) is 0 Å². The smallest absolute Gasteiger partial charge is 0.226 e. The molecule has 0 aromatic heterocycles. The first kappa shape index (κ1) is 16.1. The number of hydrogen-bond acceptors (Lipinski definition) is 3. The summed E-state index contributed by atoms with van der Waals surface area (Å²) >= 11 is 0. The molecular weight excluding hydrogens is 302 g/mol. The molecule has 0 saturated carbocycles. The van der Waals surface area contributed by atoms with Gasteiger partial charge in [0.05, 0.1) is 20.6 Å². The SMILES string of the molecule is COc1cc(CC(=O)N(C)C)c2ccc3ccccc3c2c1OC. The predicted molar refractivity (Wildman–Crippen MR) is 97.0 cm³/mol. The van der Waals surface area contributed by atoms with Gasteiger partial charge in [-0.05, 0) is 27.8 Å². The van der Waals surface area contributed by atoms with Gasteiger partial charge in [0.2, 0.25) is 5.91 Å². The molecule has 0 spiro atoms. The number of amides is 1. The van der Waals surface area contributed by atoms with E-state index in [1.807, 2.05) is 18.2 Å². The highest BCUT2D eigenvalue weighted by Gasteiger charge is 2.18. The van der Waals surface area contributed by atoms with Gasteiger partial charge in [0.1, 0.15) is 0 Å². The molecule has 124 valence electrons. The van der Waals surface area contributed by atoms with Crippen LogP contribution in [0.5, 0.6) is 11.5 Å². The van der Waals surface area contributed by atoms with Crippen LogP contribution in [0.25, 0.3) is 21.5 Å². The number of nitrogens with zero attached hydrogens (tertiary/aromatic N) is 1. The third kappa shape index (κ3) is 2.64. The molecule has 0 radical (unpaired) electrons. The van der Waals surface area contributed by atoms with Gasteiger partial charge < -0.3 is 14.4 Å². The molecule has 0 unspecified atom stereocenters. The van der Waals surface area contributed by atoms with E-state index in [0.29, 0.717) is 17.9 Å². The second-order valence-corrected chi connectivity index (χ2v) is 5.95. The molecule has 1 amide bonds. The van der Waals surface area contributed by atoms with Crippen molar-refractivity contribution in [3.63, 3.8) is 0 Å². The van der Waals surface area contributed by atoms with Gasteiger partial charge in [-0.2, -0.15) is 0 Å². The molecule has 4 nitrogen and oxygen atoms in total. The molecule has 3 aromatic carbocycles. The van der Waals surface area contributed by atoms with Crippen molar-refractivity contribution in [1.29, 1.82) is 0 Å². The normalized spacial score (nSPS) is 10.8. The summed E-state index contributed by atoms with van der Waals surface area (Å²) in [6.07, 6.45) is 0.322. The topological polar surface area (TPSA) is 38.8 Å². The number of ether oxygens (including phenoxy) is 2. The molecule has 0 N–H and O–H groups in total. The van der Waals surface area contributed by atoms with E-state index >= 15 is 0 Å². The molecule has 0 bridgehead atoms. The average molecular weight is 323 g/mol. The van der Waals surface area contributed by atoms with E-state index in [1.165, 1.54) is 0 Å². The van der Waals surface area contributed by atoms with E-state index in [9.17, 15) is 4.79 Å². The van der Waals surface area contributed by atoms with Crippen molar-refractivity contribution in [3.8, 4) is 11.5 Å². The average Bonchev–Trinajstić information content (AvgIpc) is 2.60. The van der Waals surface area contributed by atoms with Gasteiger partial charge in [-0.25, -0.2) is 0 Å². The summed E-state index contributed by atoms with van der Waals surface area (Å²) in [5.74, 6) is 1.39. The minimum atomic E-state index is 0.0525. The number of rotatable bonds is 4. The summed E-state index contributed by atoms with van der Waals surface area (Å²) in [6.45, 7) is 0. The minimum absolute atomic E-state index is 0.0525. The Morgan fingerprint density at radius 1 is 1.00 bits per heavy atom. The molecule has 0 aliphatic carbocycles. The Labute approximate surface area is 141 Å². The van der Waals surface area contributed by atoms with Crippen molar-refractivity contribution in [3.05, 3.63) is 48.0 Å². The Kier molecular flexibility index (Phi) is 4.30. The zero-order valence-corrected chi connectivity index (χ0v) is 14.4. The third-order valence-electron chi connectivity index (χ3n) is 4.30. The van der Waals surface area contributed by atoms with Crippen LogP contribution >= 0.6 is 0 Å². The summed E-state index contributed by atoms with van der Waals surface area (Å²) in [6, 6.07) is 14.2. The largest absolute Gasteiger partial charge is 0.493 e. The Balaban J connectivity index is 2.37. The minimum Gasteiger partial charge on any atom is -0.493 e. The molecule has 0 atom stereocenters. The second-order valence-electron chi connectivity index (χ2n) is 5.95. The fraction of sp³-hybridized carbons (Fsp3) is 0.250. The zero-order chi connectivity index (χ0) is 17.3. The Morgan fingerprint density at radius 2 is 1.75 bits per heavy atom. The first-order valence-corrected chi connectivity index (χ1v) is 7.82. The van der Waals surface area contributed by atoms with Crippen molar-refractivity contribution in [1.82, 2.24) is 4.90 Å². The Bertz CT molecular complexity index is 916. The van der Waals surface area contributed by atoms with Crippen LogP contribution in [-0.2, 0) is 11.2 Å². The Hall–Kier alpha value is -2.75. The van der Waals surface area contributed by atoms with Gasteiger partial charge in [-0.1, -0.05) is 36.4 Å². The first-order valence-electron chi connectivity index (χ1n) is 7.82. The molecule has 0 heterocycles. The number of benzene rings is 3. The molecule has 3 rings (SSSR count). The number of likely N-dealkylation sites (N-methyl/N-ethyl adjacent to an activating group) is 1. The van der Waals surface area contributed by atoms with Gasteiger partial charge in [0.15, 0.2) is 11.5 Å². The van der Waals surface area contributed by atoms with Crippen LogP contribution in [0.15, 0.2) is 42.5 Å². The molecular formula is C20H21NO3. The van der Waals surface area contributed by atoms with Crippen LogP contribution in [0.3, 0.4) is 0 Å². The molecule has 0 saturated heterocycles. The van der Waals surface area contributed by atoms with Crippen LogP contribution in [0, 0.1) is 0 Å². The van der Waals surface area contributed by atoms with E-state index in [0.717, 1.165) is 27.1 Å². The lowest BCUT2D eigenvalue weighted by molar-refractivity contribution is -0.127. The molecule has 4 heteroatoms. The molecule has 0 aliphatic rings. The second kappa shape index (κ2) is 6.40. The van der Waals surface area contributed by atoms with E-state index < -0.39 is 0 Å². The summed E-state index contributed by atoms with van der Waals surface area (Å²) in [4.78, 5) is 13.8. The standard InChI is InChI=1S/C20H21NO3/c1-21(2)18(22)12-14-11-17(23-3)20(24-4)19-15-8-6-5-7-13(15)9-10-16(14)19/h5-11H,12H2,1-4H3. The third-order valence-corrected chi connectivity index (χ3v) is 4.30. The van der Waals surface area contributed by atoms with Crippen LogP contribution in [-0.4, -0.2) is 39.1 Å². The van der Waals surface area contributed by atoms with Crippen LogP contribution in [0.1, 0.15) is 5.56 Å². The summed E-state index contributed by atoms with van der Waals surface area (Å²) in [7, 11) is 6.79. The summed E-state index contributed by atoms with van der Waals surface area (Å²) in [5, 5.41) is 4.21. The van der Waals surface area contributed by atoms with Crippen molar-refractivity contribution in [2.45, 2.75) is 6.42 Å². The molecule has 0 fully saturated rings. The lowest BCUT2D eigenvalue weighted by Crippen LogP contribution is -2.23. The highest BCUT2D eigenvalue weighted by atomic mass is 16.5. The highest BCUT2D eigenvalue weighted by molar-refractivity contribution is 6.13. The zero-order valence-electron chi connectivity index (χ0n) is 14.4. The van der Waals surface area contributed by atoms with Crippen molar-refractivity contribution in [2.24, 2.45) is 0 Å². The van der Waals surface area contributed by atoms with Crippen LogP contribution in [0.4, 0.5) is 0 Å². The van der Waals surface area contributed by atoms with Crippen molar-refractivity contribution < 1.29 is 14.3 Å². The van der Waals surface area contributed by atoms with Gasteiger partial charge in [-0.3, -0.25) is 4.79 Å². The predicted octanol–water partition coefficient (Wildman–Crippen LogP) is 3.64. The maximum atomic E-state index is 12.2. The van der Waals surface area contributed by atoms with Gasteiger partial charge >= 0.3 is 0 Å². The maximum Gasteiger partial charge on any atom is 0.226 e. The highest BCUT2D eigenvalue weighted by Crippen LogP contribution is 2.41. The summed E-state index contributed by atoms with van der Waals surface area (Å²) in [5.41, 5.74) is 0.937. The van der Waals surface area contributed by atoms with E-state index in [-0.39, 0.29) is 5.91 Å².